The molecule has 0 spiro atoms. The molecule has 0 aromatic heterocycles. The minimum atomic E-state index is -1.05. The summed E-state index contributed by atoms with van der Waals surface area (Å²) in [4.78, 5) is 12.4. The first-order chi connectivity index (χ1) is 13.6. The zero-order valence-corrected chi connectivity index (χ0v) is 18.9. The molecule has 29 heavy (non-hydrogen) atoms. The van der Waals surface area contributed by atoms with Gasteiger partial charge in [0.25, 0.3) is 0 Å². The molecule has 3 unspecified atom stereocenters. The van der Waals surface area contributed by atoms with Crippen LogP contribution in [0.15, 0.2) is 45.7 Å². The maximum atomic E-state index is 12.4. The van der Waals surface area contributed by atoms with Gasteiger partial charge in [0.2, 0.25) is 0 Å². The molecule has 0 fully saturated rings. The summed E-state index contributed by atoms with van der Waals surface area (Å²) in [6.07, 6.45) is 7.04. The lowest BCUT2D eigenvalue weighted by Crippen LogP contribution is -2.35. The fourth-order valence-electron chi connectivity index (χ4n) is 3.47. The minimum Gasteiger partial charge on any atom is -0.515 e. The first-order valence-electron chi connectivity index (χ1n) is 10.1. The lowest BCUT2D eigenvalue weighted by Gasteiger charge is -2.28. The van der Waals surface area contributed by atoms with Crippen molar-refractivity contribution in [3.05, 3.63) is 45.7 Å². The number of aliphatic hydroxyl groups excluding tert-OH is 3. The van der Waals surface area contributed by atoms with E-state index in [9.17, 15) is 20.1 Å². The Morgan fingerprint density at radius 2 is 1.86 bits per heavy atom. The largest absolute Gasteiger partial charge is 0.515 e. The number of carbonyl (C=O) groups is 1. The monoisotopic (exact) mass is 426 g/mol. The minimum absolute atomic E-state index is 0.0803. The van der Waals surface area contributed by atoms with Gasteiger partial charge >= 0.3 is 0 Å². The van der Waals surface area contributed by atoms with Crippen LogP contribution < -0.4 is 0 Å². The van der Waals surface area contributed by atoms with Gasteiger partial charge in [-0.2, -0.15) is 0 Å². The van der Waals surface area contributed by atoms with Crippen molar-refractivity contribution in [2.45, 2.75) is 78.1 Å². The molecule has 1 rings (SSSR count). The van der Waals surface area contributed by atoms with Crippen LogP contribution in [0.4, 0.5) is 0 Å². The highest BCUT2D eigenvalue weighted by molar-refractivity contribution is 6.43. The Morgan fingerprint density at radius 1 is 1.24 bits per heavy atom. The number of carbonyl (C=O) groups excluding carboxylic acids is 1. The number of hydrogen-bond acceptors (Lipinski definition) is 5. The van der Waals surface area contributed by atoms with Gasteiger partial charge in [-0.15, -0.1) is 0 Å². The maximum absolute atomic E-state index is 12.4. The Morgan fingerprint density at radius 3 is 2.41 bits per heavy atom. The molecular weight excluding hydrogens is 392 g/mol. The van der Waals surface area contributed by atoms with E-state index in [0.717, 1.165) is 37.5 Å². The van der Waals surface area contributed by atoms with E-state index >= 15 is 0 Å². The Kier molecular flexibility index (Phi) is 10.9. The maximum Gasteiger partial charge on any atom is 0.180 e. The van der Waals surface area contributed by atoms with Crippen molar-refractivity contribution >= 4 is 17.4 Å². The average molecular weight is 427 g/mol. The Bertz CT molecular complexity index is 687. The summed E-state index contributed by atoms with van der Waals surface area (Å²) in [5.41, 5.74) is 3.11. The molecule has 0 aromatic carbocycles. The molecule has 0 aromatic rings. The molecule has 0 saturated carbocycles. The van der Waals surface area contributed by atoms with E-state index in [1.165, 1.54) is 5.57 Å². The second-order valence-corrected chi connectivity index (χ2v) is 8.25. The van der Waals surface area contributed by atoms with Crippen LogP contribution in [0.5, 0.6) is 0 Å². The van der Waals surface area contributed by atoms with Crippen LogP contribution in [0.2, 0.25) is 0 Å². The lowest BCUT2D eigenvalue weighted by atomic mass is 9.80. The third-order valence-electron chi connectivity index (χ3n) is 5.57. The van der Waals surface area contributed by atoms with Gasteiger partial charge < -0.3 is 20.1 Å². The smallest absolute Gasteiger partial charge is 0.180 e. The van der Waals surface area contributed by atoms with Crippen LogP contribution in [0.25, 0.3) is 0 Å². The highest BCUT2D eigenvalue weighted by atomic mass is 35.5. The molecule has 164 valence electrons. The van der Waals surface area contributed by atoms with Crippen LogP contribution >= 0.6 is 11.6 Å². The summed E-state index contributed by atoms with van der Waals surface area (Å²) < 4.78 is 5.28. The first-order valence-corrected chi connectivity index (χ1v) is 10.5. The Hall–Kier alpha value is -1.40. The second kappa shape index (κ2) is 12.3. The topological polar surface area (TPSA) is 87.0 Å². The number of allylic oxidation sites excluding steroid dienone is 5. The van der Waals surface area contributed by atoms with E-state index in [1.54, 1.807) is 21.0 Å². The number of hydrogen-bond donors (Lipinski definition) is 3. The molecule has 3 N–H and O–H groups in total. The van der Waals surface area contributed by atoms with Crippen molar-refractivity contribution in [2.24, 2.45) is 5.92 Å². The molecule has 5 nitrogen and oxygen atoms in total. The third kappa shape index (κ3) is 7.41. The normalized spacial score (nSPS) is 25.0. The molecule has 0 saturated heterocycles. The molecule has 4 atom stereocenters. The van der Waals surface area contributed by atoms with Gasteiger partial charge in [0.05, 0.1) is 35.5 Å². The average Bonchev–Trinajstić information content (AvgIpc) is 2.67. The number of halogens is 1. The summed E-state index contributed by atoms with van der Waals surface area (Å²) >= 11 is 6.08. The zero-order valence-electron chi connectivity index (χ0n) is 18.1. The van der Waals surface area contributed by atoms with Gasteiger partial charge in [-0.25, -0.2) is 0 Å². The second-order valence-electron chi connectivity index (χ2n) is 7.87. The fourth-order valence-corrected chi connectivity index (χ4v) is 3.72. The van der Waals surface area contributed by atoms with Crippen LogP contribution in [0, 0.1) is 5.92 Å². The molecule has 0 aliphatic heterocycles. The van der Waals surface area contributed by atoms with Crippen LogP contribution in [-0.2, 0) is 9.53 Å². The highest BCUT2D eigenvalue weighted by Gasteiger charge is 2.37. The van der Waals surface area contributed by atoms with Crippen molar-refractivity contribution in [1.29, 1.82) is 0 Å². The van der Waals surface area contributed by atoms with Gasteiger partial charge in [0.15, 0.2) is 5.78 Å². The molecule has 0 bridgehead atoms. The van der Waals surface area contributed by atoms with Crippen LogP contribution in [0.3, 0.4) is 0 Å². The lowest BCUT2D eigenvalue weighted by molar-refractivity contribution is -0.121. The van der Waals surface area contributed by atoms with E-state index in [-0.39, 0.29) is 16.9 Å². The standard InChI is InChI=1S/C23H35ClO5/c1-14(7-6-8-15(2)10-12-20(29-5)17(4)26)9-11-18-22(27)19(13-25)16(3)21(24)23(18)28/h8-9,13,17-18,20,22,25-27H,6-7,10-12H2,1-5H3/b14-9+,15-8+,19-13?/t17-,18?,20?,22?/m0/s1. The van der Waals surface area contributed by atoms with Gasteiger partial charge in [-0.3, -0.25) is 4.79 Å². The van der Waals surface area contributed by atoms with Gasteiger partial charge in [0.1, 0.15) is 0 Å². The van der Waals surface area contributed by atoms with Gasteiger partial charge in [0, 0.05) is 12.7 Å². The number of rotatable bonds is 10. The van der Waals surface area contributed by atoms with E-state index in [2.05, 4.69) is 13.0 Å². The highest BCUT2D eigenvalue weighted by Crippen LogP contribution is 2.35. The number of Topliss-reactive ketones (excluding diaryl/α,β-unsaturated/α-hetero) is 1. The quantitative estimate of drug-likeness (QED) is 0.347. The molecule has 0 radical (unpaired) electrons. The Labute approximate surface area is 179 Å². The third-order valence-corrected chi connectivity index (χ3v) is 6.04. The predicted octanol–water partition coefficient (Wildman–Crippen LogP) is 4.74. The molecule has 6 heteroatoms. The summed E-state index contributed by atoms with van der Waals surface area (Å²) in [7, 11) is 1.61. The van der Waals surface area contributed by atoms with Crippen molar-refractivity contribution in [3.8, 4) is 0 Å². The molecule has 0 heterocycles. The Balaban J connectivity index is 2.59. The first kappa shape index (κ1) is 25.6. The van der Waals surface area contributed by atoms with Gasteiger partial charge in [-0.05, 0) is 65.4 Å². The van der Waals surface area contributed by atoms with E-state index in [0.29, 0.717) is 17.6 Å². The fraction of sp³-hybridized carbons (Fsp3) is 0.609. The summed E-state index contributed by atoms with van der Waals surface area (Å²) in [6.45, 7) is 7.43. The van der Waals surface area contributed by atoms with E-state index < -0.39 is 18.1 Å². The summed E-state index contributed by atoms with van der Waals surface area (Å²) in [5, 5.41) is 29.5. The predicted molar refractivity (Wildman–Crippen MR) is 117 cm³/mol. The van der Waals surface area contributed by atoms with Crippen molar-refractivity contribution in [2.75, 3.05) is 7.11 Å². The number of ketones is 1. The SMILES string of the molecule is COC(CC/C(C)=C/CC/C(C)=C/CC1C(=O)C(Cl)=C(C)C(=CO)C1O)[C@H](C)O. The molecule has 1 aliphatic rings. The van der Waals surface area contributed by atoms with E-state index in [1.807, 2.05) is 13.0 Å². The van der Waals surface area contributed by atoms with Crippen LogP contribution in [0.1, 0.15) is 59.8 Å². The molecular formula is C23H35ClO5. The van der Waals surface area contributed by atoms with Gasteiger partial charge in [-0.1, -0.05) is 34.9 Å². The van der Waals surface area contributed by atoms with Crippen molar-refractivity contribution in [3.63, 3.8) is 0 Å². The van der Waals surface area contributed by atoms with Crippen molar-refractivity contribution in [1.82, 2.24) is 0 Å². The summed E-state index contributed by atoms with van der Waals surface area (Å²) in [5.74, 6) is -0.962. The van der Waals surface area contributed by atoms with E-state index in [4.69, 9.17) is 16.3 Å². The van der Waals surface area contributed by atoms with Crippen molar-refractivity contribution < 1.29 is 24.9 Å². The molecule has 0 amide bonds. The zero-order chi connectivity index (χ0) is 22.1. The number of methoxy groups -OCH3 is 1. The number of ether oxygens (including phenoxy) is 1. The number of aliphatic hydroxyl groups is 3. The van der Waals surface area contributed by atoms with Crippen LogP contribution in [-0.4, -0.2) is 46.5 Å². The summed E-state index contributed by atoms with van der Waals surface area (Å²) in [6, 6.07) is 0. The molecule has 1 aliphatic carbocycles.